The summed E-state index contributed by atoms with van der Waals surface area (Å²) in [5.41, 5.74) is 0.624. The van der Waals surface area contributed by atoms with E-state index in [2.05, 4.69) is 5.32 Å². The van der Waals surface area contributed by atoms with Crippen LogP contribution in [-0.4, -0.2) is 17.6 Å². The molecule has 1 aromatic rings. The van der Waals surface area contributed by atoms with Crippen molar-refractivity contribution in [2.75, 3.05) is 11.9 Å². The topological polar surface area (TPSA) is 49.3 Å². The molecule has 4 heteroatoms. The van der Waals surface area contributed by atoms with Gasteiger partial charge in [-0.1, -0.05) is 11.6 Å². The van der Waals surface area contributed by atoms with Crippen molar-refractivity contribution in [3.05, 3.63) is 29.3 Å². The molecule has 0 unspecified atom stereocenters. The van der Waals surface area contributed by atoms with E-state index in [4.69, 9.17) is 16.7 Å². The first-order valence-electron chi connectivity index (χ1n) is 3.38. The highest BCUT2D eigenvalue weighted by atomic mass is 35.5. The van der Waals surface area contributed by atoms with Gasteiger partial charge in [0.25, 0.3) is 0 Å². The van der Waals surface area contributed by atoms with Gasteiger partial charge >= 0.3 is 0 Å². The molecule has 12 heavy (non-hydrogen) atoms. The van der Waals surface area contributed by atoms with Gasteiger partial charge in [0, 0.05) is 10.7 Å². The smallest absolute Gasteiger partial charge is 0.250 e. The van der Waals surface area contributed by atoms with Crippen molar-refractivity contribution >= 4 is 23.2 Å². The second-order valence-corrected chi connectivity index (χ2v) is 2.65. The van der Waals surface area contributed by atoms with Gasteiger partial charge in [-0.05, 0) is 24.3 Å². The summed E-state index contributed by atoms with van der Waals surface area (Å²) in [5, 5.41) is 11.5. The fourth-order valence-electron chi connectivity index (χ4n) is 0.734. The Balaban J connectivity index is 2.64. The van der Waals surface area contributed by atoms with Crippen molar-refractivity contribution in [1.29, 1.82) is 0 Å². The van der Waals surface area contributed by atoms with Gasteiger partial charge in [-0.25, -0.2) is 0 Å². The second kappa shape index (κ2) is 4.09. The van der Waals surface area contributed by atoms with Crippen LogP contribution in [0.2, 0.25) is 5.02 Å². The number of anilines is 1. The summed E-state index contributed by atoms with van der Waals surface area (Å²) in [4.78, 5) is 10.7. The Morgan fingerprint density at radius 3 is 2.50 bits per heavy atom. The number of halogens is 1. The maximum absolute atomic E-state index is 10.7. The standard InChI is InChI=1S/C8H8ClNO2/c9-6-1-3-7(4-2-6)10-8(12)5-11/h1-4,11H,5H2,(H,10,12). The summed E-state index contributed by atoms with van der Waals surface area (Å²) in [6.07, 6.45) is 0. The minimum absolute atomic E-state index is 0.433. The summed E-state index contributed by atoms with van der Waals surface area (Å²) < 4.78 is 0. The molecule has 0 saturated carbocycles. The first-order chi connectivity index (χ1) is 5.72. The largest absolute Gasteiger partial charge is 0.387 e. The average Bonchev–Trinajstić information content (AvgIpc) is 2.09. The van der Waals surface area contributed by atoms with Crippen LogP contribution in [0, 0.1) is 0 Å². The molecule has 2 N–H and O–H groups in total. The van der Waals surface area contributed by atoms with Crippen LogP contribution in [0.4, 0.5) is 5.69 Å². The Kier molecular flexibility index (Phi) is 3.08. The molecule has 0 atom stereocenters. The fourth-order valence-corrected chi connectivity index (χ4v) is 0.860. The number of hydrogen-bond donors (Lipinski definition) is 2. The number of aliphatic hydroxyl groups is 1. The molecule has 0 aliphatic heterocycles. The molecular formula is C8H8ClNO2. The van der Waals surface area contributed by atoms with Gasteiger partial charge in [0.2, 0.25) is 5.91 Å². The molecule has 0 heterocycles. The third-order valence-electron chi connectivity index (χ3n) is 1.27. The molecule has 3 nitrogen and oxygen atoms in total. The van der Waals surface area contributed by atoms with Gasteiger partial charge < -0.3 is 10.4 Å². The van der Waals surface area contributed by atoms with Crippen molar-refractivity contribution in [2.45, 2.75) is 0 Å². The summed E-state index contributed by atoms with van der Waals surface area (Å²) >= 11 is 5.62. The second-order valence-electron chi connectivity index (χ2n) is 2.21. The maximum Gasteiger partial charge on any atom is 0.250 e. The highest BCUT2D eigenvalue weighted by molar-refractivity contribution is 6.30. The summed E-state index contributed by atoms with van der Waals surface area (Å²) in [5.74, 6) is -0.433. The zero-order valence-electron chi connectivity index (χ0n) is 6.25. The Hall–Kier alpha value is -1.06. The van der Waals surface area contributed by atoms with Gasteiger partial charge in [0.1, 0.15) is 6.61 Å². The molecule has 0 fully saturated rings. The van der Waals surface area contributed by atoms with E-state index in [1.54, 1.807) is 24.3 Å². The van der Waals surface area contributed by atoms with Crippen LogP contribution in [0.5, 0.6) is 0 Å². The molecule has 0 bridgehead atoms. The maximum atomic E-state index is 10.7. The van der Waals surface area contributed by atoms with Crippen LogP contribution < -0.4 is 5.32 Å². The van der Waals surface area contributed by atoms with E-state index in [1.807, 2.05) is 0 Å². The lowest BCUT2D eigenvalue weighted by atomic mass is 10.3. The van der Waals surface area contributed by atoms with Crippen molar-refractivity contribution in [3.63, 3.8) is 0 Å². The van der Waals surface area contributed by atoms with Crippen LogP contribution in [0.15, 0.2) is 24.3 Å². The summed E-state index contributed by atoms with van der Waals surface area (Å²) in [6, 6.07) is 6.65. The number of amides is 1. The zero-order valence-corrected chi connectivity index (χ0v) is 7.01. The molecular weight excluding hydrogens is 178 g/mol. The molecule has 1 amide bonds. The van der Waals surface area contributed by atoms with E-state index in [1.165, 1.54) is 0 Å². The van der Waals surface area contributed by atoms with E-state index in [9.17, 15) is 4.79 Å². The quantitative estimate of drug-likeness (QED) is 0.729. The van der Waals surface area contributed by atoms with Gasteiger partial charge in [0.15, 0.2) is 0 Å². The normalized spacial score (nSPS) is 9.50. The van der Waals surface area contributed by atoms with Crippen molar-refractivity contribution in [1.82, 2.24) is 0 Å². The number of carbonyl (C=O) groups is 1. The van der Waals surface area contributed by atoms with E-state index in [-0.39, 0.29) is 0 Å². The predicted octanol–water partition coefficient (Wildman–Crippen LogP) is 1.27. The average molecular weight is 186 g/mol. The lowest BCUT2D eigenvalue weighted by Gasteiger charge is -2.01. The Labute approximate surface area is 75.0 Å². The Morgan fingerprint density at radius 1 is 1.42 bits per heavy atom. The lowest BCUT2D eigenvalue weighted by molar-refractivity contribution is -0.118. The van der Waals surface area contributed by atoms with Gasteiger partial charge in [-0.15, -0.1) is 0 Å². The van der Waals surface area contributed by atoms with E-state index < -0.39 is 12.5 Å². The van der Waals surface area contributed by atoms with E-state index in [0.717, 1.165) is 0 Å². The highest BCUT2D eigenvalue weighted by Gasteiger charge is 1.98. The third-order valence-corrected chi connectivity index (χ3v) is 1.52. The van der Waals surface area contributed by atoms with Gasteiger partial charge in [0.05, 0.1) is 0 Å². The van der Waals surface area contributed by atoms with Crippen LogP contribution >= 0.6 is 11.6 Å². The van der Waals surface area contributed by atoms with E-state index >= 15 is 0 Å². The van der Waals surface area contributed by atoms with Gasteiger partial charge in [-0.3, -0.25) is 4.79 Å². The third kappa shape index (κ3) is 2.53. The molecule has 0 aromatic heterocycles. The minimum atomic E-state index is -0.511. The van der Waals surface area contributed by atoms with Crippen LogP contribution in [0.1, 0.15) is 0 Å². The summed E-state index contributed by atoms with van der Waals surface area (Å²) in [7, 11) is 0. The van der Waals surface area contributed by atoms with Crippen molar-refractivity contribution in [3.8, 4) is 0 Å². The number of rotatable bonds is 2. The molecule has 0 aliphatic rings. The first-order valence-corrected chi connectivity index (χ1v) is 3.76. The number of benzene rings is 1. The van der Waals surface area contributed by atoms with Gasteiger partial charge in [-0.2, -0.15) is 0 Å². The highest BCUT2D eigenvalue weighted by Crippen LogP contribution is 2.12. The van der Waals surface area contributed by atoms with Crippen LogP contribution in [0.25, 0.3) is 0 Å². The van der Waals surface area contributed by atoms with Crippen LogP contribution in [-0.2, 0) is 4.79 Å². The SMILES string of the molecule is O=C(CO)Nc1ccc(Cl)cc1. The Morgan fingerprint density at radius 2 is 2.00 bits per heavy atom. The summed E-state index contributed by atoms with van der Waals surface area (Å²) in [6.45, 7) is -0.511. The monoisotopic (exact) mass is 185 g/mol. The van der Waals surface area contributed by atoms with Crippen LogP contribution in [0.3, 0.4) is 0 Å². The Bertz CT molecular complexity index is 271. The molecule has 0 saturated heterocycles. The number of aliphatic hydroxyl groups excluding tert-OH is 1. The lowest BCUT2D eigenvalue weighted by Crippen LogP contribution is -2.15. The molecule has 1 aromatic carbocycles. The van der Waals surface area contributed by atoms with Crippen molar-refractivity contribution in [2.24, 2.45) is 0 Å². The molecule has 0 spiro atoms. The zero-order chi connectivity index (χ0) is 8.97. The predicted molar refractivity (Wildman–Crippen MR) is 47.2 cm³/mol. The van der Waals surface area contributed by atoms with E-state index in [0.29, 0.717) is 10.7 Å². The van der Waals surface area contributed by atoms with Crippen molar-refractivity contribution < 1.29 is 9.90 Å². The molecule has 0 radical (unpaired) electrons. The fraction of sp³-hybridized carbons (Fsp3) is 0.125. The minimum Gasteiger partial charge on any atom is -0.387 e. The number of carbonyl (C=O) groups excluding carboxylic acids is 1. The number of nitrogens with one attached hydrogen (secondary N) is 1. The molecule has 1 rings (SSSR count). The number of hydrogen-bond acceptors (Lipinski definition) is 2. The molecule has 64 valence electrons. The first kappa shape index (κ1) is 9.03. The molecule has 0 aliphatic carbocycles.